The van der Waals surface area contributed by atoms with Crippen molar-refractivity contribution in [2.75, 3.05) is 13.3 Å². The molecular weight excluding hydrogens is 302 g/mol. The number of amides is 1. The van der Waals surface area contributed by atoms with E-state index in [0.29, 0.717) is 6.54 Å². The van der Waals surface area contributed by atoms with Gasteiger partial charge in [0, 0.05) is 19.2 Å². The summed E-state index contributed by atoms with van der Waals surface area (Å²) in [5.74, 6) is 1.65. The Hall–Kier alpha value is -2.75. The second-order valence-electron chi connectivity index (χ2n) is 6.18. The van der Waals surface area contributed by atoms with Crippen LogP contribution in [0.4, 0.5) is 0 Å². The molecule has 0 radical (unpaired) electrons. The summed E-state index contributed by atoms with van der Waals surface area (Å²) in [7, 11) is 0. The van der Waals surface area contributed by atoms with Crippen molar-refractivity contribution in [3.8, 4) is 11.5 Å². The Bertz CT molecular complexity index is 811. The highest BCUT2D eigenvalue weighted by molar-refractivity contribution is 5.95. The lowest BCUT2D eigenvalue weighted by atomic mass is 9.98. The number of rotatable bonds is 2. The van der Waals surface area contributed by atoms with E-state index in [0.717, 1.165) is 41.2 Å². The molecule has 0 N–H and O–H groups in total. The Kier molecular flexibility index (Phi) is 3.73. The Labute approximate surface area is 141 Å². The fourth-order valence-corrected chi connectivity index (χ4v) is 3.20. The van der Waals surface area contributed by atoms with Gasteiger partial charge in [-0.1, -0.05) is 30.3 Å². The maximum absolute atomic E-state index is 12.6. The van der Waals surface area contributed by atoms with Crippen molar-refractivity contribution < 1.29 is 14.3 Å². The molecule has 0 unspecified atom stereocenters. The molecule has 4 nitrogen and oxygen atoms in total. The van der Waals surface area contributed by atoms with Gasteiger partial charge in [0.2, 0.25) is 12.7 Å². The maximum atomic E-state index is 12.6. The predicted molar refractivity (Wildman–Crippen MR) is 91.8 cm³/mol. The van der Waals surface area contributed by atoms with Gasteiger partial charge in [0.15, 0.2) is 11.5 Å². The average molecular weight is 321 g/mol. The van der Waals surface area contributed by atoms with Crippen LogP contribution in [-0.2, 0) is 17.8 Å². The Morgan fingerprint density at radius 1 is 1.08 bits per heavy atom. The minimum Gasteiger partial charge on any atom is -0.454 e. The van der Waals surface area contributed by atoms with Crippen LogP contribution in [0.1, 0.15) is 23.6 Å². The minimum atomic E-state index is 0.0552. The van der Waals surface area contributed by atoms with Crippen molar-refractivity contribution in [3.05, 3.63) is 65.2 Å². The van der Waals surface area contributed by atoms with Crippen LogP contribution in [0.25, 0.3) is 5.57 Å². The molecule has 0 aliphatic carbocycles. The van der Waals surface area contributed by atoms with Gasteiger partial charge in [-0.15, -0.1) is 0 Å². The highest BCUT2D eigenvalue weighted by Gasteiger charge is 2.24. The number of ether oxygens (including phenoxy) is 2. The highest BCUT2D eigenvalue weighted by atomic mass is 16.7. The molecule has 2 aromatic rings. The first-order valence-electron chi connectivity index (χ1n) is 8.15. The second-order valence-corrected chi connectivity index (χ2v) is 6.18. The Balaban J connectivity index is 1.53. The van der Waals surface area contributed by atoms with Crippen molar-refractivity contribution in [3.63, 3.8) is 0 Å². The zero-order chi connectivity index (χ0) is 16.5. The molecule has 122 valence electrons. The van der Waals surface area contributed by atoms with E-state index in [1.165, 1.54) is 5.56 Å². The summed E-state index contributed by atoms with van der Waals surface area (Å²) >= 11 is 0. The van der Waals surface area contributed by atoms with E-state index >= 15 is 0 Å². The lowest BCUT2D eigenvalue weighted by Gasteiger charge is -2.28. The quantitative estimate of drug-likeness (QED) is 0.796. The molecule has 24 heavy (non-hydrogen) atoms. The first-order chi connectivity index (χ1) is 11.7. The van der Waals surface area contributed by atoms with Gasteiger partial charge in [-0.3, -0.25) is 4.79 Å². The van der Waals surface area contributed by atoms with Crippen molar-refractivity contribution in [1.29, 1.82) is 0 Å². The van der Waals surface area contributed by atoms with Crippen LogP contribution < -0.4 is 9.47 Å². The number of carbonyl (C=O) groups is 1. The molecule has 1 amide bonds. The lowest BCUT2D eigenvalue weighted by molar-refractivity contribution is -0.126. The summed E-state index contributed by atoms with van der Waals surface area (Å²) in [5, 5.41) is 0. The summed E-state index contributed by atoms with van der Waals surface area (Å²) in [6.07, 6.45) is 2.57. The minimum absolute atomic E-state index is 0.0552. The first kappa shape index (κ1) is 14.8. The summed E-state index contributed by atoms with van der Waals surface area (Å²) in [6, 6.07) is 14.0. The standard InChI is InChI=1S/C20H19NO3/c1-14(15-5-3-2-4-6-15)9-20(22)21-8-7-16-10-18-19(24-13-23-18)11-17(16)12-21/h2-6,9-11H,7-8,12-13H2,1H3/b14-9+. The zero-order valence-electron chi connectivity index (χ0n) is 13.6. The Morgan fingerprint density at radius 2 is 1.79 bits per heavy atom. The molecule has 0 spiro atoms. The molecule has 2 heterocycles. The first-order valence-corrected chi connectivity index (χ1v) is 8.15. The molecular formula is C20H19NO3. The van der Waals surface area contributed by atoms with Crippen LogP contribution >= 0.6 is 0 Å². The van der Waals surface area contributed by atoms with Crippen molar-refractivity contribution in [2.24, 2.45) is 0 Å². The van der Waals surface area contributed by atoms with Crippen molar-refractivity contribution in [2.45, 2.75) is 19.9 Å². The van der Waals surface area contributed by atoms with E-state index < -0.39 is 0 Å². The average Bonchev–Trinajstić information content (AvgIpc) is 3.07. The van der Waals surface area contributed by atoms with Crippen molar-refractivity contribution in [1.82, 2.24) is 4.90 Å². The second kappa shape index (κ2) is 6.04. The number of carbonyl (C=O) groups excluding carboxylic acids is 1. The predicted octanol–water partition coefficient (Wildman–Crippen LogP) is 3.40. The van der Waals surface area contributed by atoms with Gasteiger partial charge in [0.1, 0.15) is 0 Å². The summed E-state index contributed by atoms with van der Waals surface area (Å²) in [4.78, 5) is 14.5. The normalized spacial score (nSPS) is 16.0. The molecule has 0 bridgehead atoms. The van der Waals surface area contributed by atoms with Crippen LogP contribution in [0.2, 0.25) is 0 Å². The van der Waals surface area contributed by atoms with E-state index in [9.17, 15) is 4.79 Å². The van der Waals surface area contributed by atoms with Gasteiger partial charge >= 0.3 is 0 Å². The fourth-order valence-electron chi connectivity index (χ4n) is 3.20. The summed E-state index contributed by atoms with van der Waals surface area (Å²) in [5.41, 5.74) is 4.44. The number of hydrogen-bond donors (Lipinski definition) is 0. The van der Waals surface area contributed by atoms with Crippen LogP contribution in [0.3, 0.4) is 0 Å². The summed E-state index contributed by atoms with van der Waals surface area (Å²) < 4.78 is 10.9. The summed E-state index contributed by atoms with van der Waals surface area (Å²) in [6.45, 7) is 3.59. The monoisotopic (exact) mass is 321 g/mol. The molecule has 0 atom stereocenters. The van der Waals surface area contributed by atoms with E-state index in [1.54, 1.807) is 6.08 Å². The number of benzene rings is 2. The molecule has 0 aromatic heterocycles. The SMILES string of the molecule is C/C(=C\C(=O)N1CCc2cc3c(cc2C1)OCO3)c1ccccc1. The number of nitrogens with zero attached hydrogens (tertiary/aromatic N) is 1. The lowest BCUT2D eigenvalue weighted by Crippen LogP contribution is -2.34. The fraction of sp³-hybridized carbons (Fsp3) is 0.250. The third-order valence-electron chi connectivity index (χ3n) is 4.59. The topological polar surface area (TPSA) is 38.8 Å². The van der Waals surface area contributed by atoms with Gasteiger partial charge in [-0.2, -0.15) is 0 Å². The van der Waals surface area contributed by atoms with E-state index in [1.807, 2.05) is 54.3 Å². The van der Waals surface area contributed by atoms with Gasteiger partial charge < -0.3 is 14.4 Å². The molecule has 0 saturated heterocycles. The Morgan fingerprint density at radius 3 is 2.54 bits per heavy atom. The van der Waals surface area contributed by atoms with Crippen molar-refractivity contribution >= 4 is 11.5 Å². The maximum Gasteiger partial charge on any atom is 0.247 e. The highest BCUT2D eigenvalue weighted by Crippen LogP contribution is 2.36. The third kappa shape index (κ3) is 2.75. The number of hydrogen-bond acceptors (Lipinski definition) is 3. The molecule has 4 heteroatoms. The smallest absolute Gasteiger partial charge is 0.247 e. The largest absolute Gasteiger partial charge is 0.454 e. The van der Waals surface area contributed by atoms with Crippen LogP contribution in [0.15, 0.2) is 48.5 Å². The van der Waals surface area contributed by atoms with Crippen LogP contribution in [-0.4, -0.2) is 24.1 Å². The van der Waals surface area contributed by atoms with Gasteiger partial charge in [-0.05, 0) is 47.7 Å². The molecule has 0 saturated carbocycles. The van der Waals surface area contributed by atoms with E-state index in [2.05, 4.69) is 0 Å². The van der Waals surface area contributed by atoms with Gasteiger partial charge in [0.05, 0.1) is 0 Å². The third-order valence-corrected chi connectivity index (χ3v) is 4.59. The van der Waals surface area contributed by atoms with E-state index in [4.69, 9.17) is 9.47 Å². The van der Waals surface area contributed by atoms with Gasteiger partial charge in [0.25, 0.3) is 0 Å². The van der Waals surface area contributed by atoms with Gasteiger partial charge in [-0.25, -0.2) is 0 Å². The zero-order valence-corrected chi connectivity index (χ0v) is 13.6. The van der Waals surface area contributed by atoms with Crippen LogP contribution in [0, 0.1) is 0 Å². The number of fused-ring (bicyclic) bond motifs is 2. The molecule has 2 aromatic carbocycles. The van der Waals surface area contributed by atoms with Crippen LogP contribution in [0.5, 0.6) is 11.5 Å². The molecule has 2 aliphatic rings. The molecule has 0 fully saturated rings. The van der Waals surface area contributed by atoms with E-state index in [-0.39, 0.29) is 12.7 Å². The molecule has 2 aliphatic heterocycles. The number of allylic oxidation sites excluding steroid dienone is 1. The molecule has 4 rings (SSSR count).